The number of benzene rings is 1. The quantitative estimate of drug-likeness (QED) is 0.828. The first-order chi connectivity index (χ1) is 7.37. The highest BCUT2D eigenvalue weighted by molar-refractivity contribution is 5.83. The zero-order chi connectivity index (χ0) is 12.0. The molecule has 86 valence electrons. The van der Waals surface area contributed by atoms with Gasteiger partial charge in [-0.3, -0.25) is 4.79 Å². The third kappa shape index (κ3) is 1.53. The molecule has 0 saturated heterocycles. The van der Waals surface area contributed by atoms with E-state index >= 15 is 0 Å². The summed E-state index contributed by atoms with van der Waals surface area (Å²) in [7, 11) is 0. The van der Waals surface area contributed by atoms with E-state index in [9.17, 15) is 9.90 Å². The van der Waals surface area contributed by atoms with E-state index in [0.29, 0.717) is 0 Å². The van der Waals surface area contributed by atoms with Gasteiger partial charge in [-0.15, -0.1) is 0 Å². The number of aliphatic carboxylic acids is 1. The summed E-state index contributed by atoms with van der Waals surface area (Å²) >= 11 is 0. The molecular formula is C14H18O2. The first-order valence-electron chi connectivity index (χ1n) is 5.67. The molecule has 1 aromatic carbocycles. The van der Waals surface area contributed by atoms with Gasteiger partial charge in [-0.1, -0.05) is 38.1 Å². The van der Waals surface area contributed by atoms with Gasteiger partial charge in [-0.05, 0) is 36.3 Å². The van der Waals surface area contributed by atoms with Crippen molar-refractivity contribution < 1.29 is 9.90 Å². The minimum atomic E-state index is -0.680. The van der Waals surface area contributed by atoms with Crippen LogP contribution >= 0.6 is 0 Å². The molecule has 1 aliphatic carbocycles. The Morgan fingerprint density at radius 3 is 2.25 bits per heavy atom. The van der Waals surface area contributed by atoms with Gasteiger partial charge in [0.15, 0.2) is 0 Å². The van der Waals surface area contributed by atoms with Crippen molar-refractivity contribution in [1.29, 1.82) is 0 Å². The molecule has 0 unspecified atom stereocenters. The second-order valence-corrected chi connectivity index (χ2v) is 5.72. The van der Waals surface area contributed by atoms with Crippen molar-refractivity contribution in [3.05, 3.63) is 35.4 Å². The van der Waals surface area contributed by atoms with E-state index in [1.165, 1.54) is 0 Å². The fourth-order valence-electron chi connectivity index (χ4n) is 3.15. The van der Waals surface area contributed by atoms with Gasteiger partial charge < -0.3 is 5.11 Å². The van der Waals surface area contributed by atoms with Gasteiger partial charge in [0.1, 0.15) is 0 Å². The SMILES string of the molecule is Cc1ccccc1C1(C(=O)O)CC(C)(C)C1. The molecule has 1 saturated carbocycles. The van der Waals surface area contributed by atoms with Crippen LogP contribution in [-0.2, 0) is 10.2 Å². The highest BCUT2D eigenvalue weighted by Gasteiger charge is 2.55. The summed E-state index contributed by atoms with van der Waals surface area (Å²) in [6.45, 7) is 6.25. The summed E-state index contributed by atoms with van der Waals surface area (Å²) in [5.41, 5.74) is 1.58. The molecule has 0 amide bonds. The van der Waals surface area contributed by atoms with E-state index < -0.39 is 11.4 Å². The predicted molar refractivity (Wildman–Crippen MR) is 63.5 cm³/mol. The molecule has 1 aromatic rings. The van der Waals surface area contributed by atoms with Crippen molar-refractivity contribution in [2.45, 2.75) is 39.0 Å². The van der Waals surface area contributed by atoms with Gasteiger partial charge in [0.05, 0.1) is 5.41 Å². The molecule has 1 fully saturated rings. The first kappa shape index (κ1) is 11.2. The molecule has 16 heavy (non-hydrogen) atoms. The van der Waals surface area contributed by atoms with Crippen LogP contribution in [0.1, 0.15) is 37.8 Å². The highest BCUT2D eigenvalue weighted by atomic mass is 16.4. The van der Waals surface area contributed by atoms with E-state index in [-0.39, 0.29) is 5.41 Å². The van der Waals surface area contributed by atoms with Crippen molar-refractivity contribution in [3.63, 3.8) is 0 Å². The van der Waals surface area contributed by atoms with Crippen molar-refractivity contribution in [2.24, 2.45) is 5.41 Å². The lowest BCUT2D eigenvalue weighted by atomic mass is 9.51. The van der Waals surface area contributed by atoms with Gasteiger partial charge in [0, 0.05) is 0 Å². The average molecular weight is 218 g/mol. The molecule has 0 heterocycles. The molecule has 0 aromatic heterocycles. The molecule has 2 rings (SSSR count). The lowest BCUT2D eigenvalue weighted by Crippen LogP contribution is -2.52. The third-order valence-corrected chi connectivity index (χ3v) is 3.63. The molecule has 2 heteroatoms. The largest absolute Gasteiger partial charge is 0.481 e. The zero-order valence-corrected chi connectivity index (χ0v) is 10.1. The van der Waals surface area contributed by atoms with Crippen LogP contribution in [0.5, 0.6) is 0 Å². The predicted octanol–water partition coefficient (Wildman–Crippen LogP) is 3.14. The first-order valence-corrected chi connectivity index (χ1v) is 5.67. The molecule has 0 atom stereocenters. The monoisotopic (exact) mass is 218 g/mol. The van der Waals surface area contributed by atoms with Crippen molar-refractivity contribution in [3.8, 4) is 0 Å². The van der Waals surface area contributed by atoms with Crippen molar-refractivity contribution in [1.82, 2.24) is 0 Å². The van der Waals surface area contributed by atoms with Crippen LogP contribution in [-0.4, -0.2) is 11.1 Å². The average Bonchev–Trinajstić information content (AvgIpc) is 2.14. The highest BCUT2D eigenvalue weighted by Crippen LogP contribution is 2.56. The summed E-state index contributed by atoms with van der Waals surface area (Å²) in [5, 5.41) is 9.49. The molecule has 0 spiro atoms. The number of carbonyl (C=O) groups is 1. The molecule has 2 nitrogen and oxygen atoms in total. The van der Waals surface area contributed by atoms with E-state index in [4.69, 9.17) is 0 Å². The van der Waals surface area contributed by atoms with E-state index in [1.807, 2.05) is 31.2 Å². The van der Waals surface area contributed by atoms with Crippen LogP contribution in [0.4, 0.5) is 0 Å². The van der Waals surface area contributed by atoms with Crippen LogP contribution < -0.4 is 0 Å². The van der Waals surface area contributed by atoms with E-state index in [0.717, 1.165) is 24.0 Å². The minimum Gasteiger partial charge on any atom is -0.481 e. The Balaban J connectivity index is 2.44. The zero-order valence-electron chi connectivity index (χ0n) is 10.1. The minimum absolute atomic E-state index is 0.153. The maximum absolute atomic E-state index is 11.5. The molecule has 0 radical (unpaired) electrons. The van der Waals surface area contributed by atoms with Crippen LogP contribution in [0.3, 0.4) is 0 Å². The normalized spacial score (nSPS) is 21.2. The van der Waals surface area contributed by atoms with E-state index in [2.05, 4.69) is 13.8 Å². The number of hydrogen-bond donors (Lipinski definition) is 1. The van der Waals surface area contributed by atoms with Crippen molar-refractivity contribution >= 4 is 5.97 Å². The molecule has 1 N–H and O–H groups in total. The van der Waals surface area contributed by atoms with Gasteiger partial charge in [-0.25, -0.2) is 0 Å². The topological polar surface area (TPSA) is 37.3 Å². The Morgan fingerprint density at radius 1 is 1.25 bits per heavy atom. The summed E-state index contributed by atoms with van der Waals surface area (Å²) in [5.74, 6) is -0.680. The molecule has 0 bridgehead atoms. The summed E-state index contributed by atoms with van der Waals surface area (Å²) in [6.07, 6.45) is 1.47. The summed E-state index contributed by atoms with van der Waals surface area (Å²) in [6, 6.07) is 7.83. The fourth-order valence-corrected chi connectivity index (χ4v) is 3.15. The Morgan fingerprint density at radius 2 is 1.81 bits per heavy atom. The van der Waals surface area contributed by atoms with Crippen molar-refractivity contribution in [2.75, 3.05) is 0 Å². The standard InChI is InChI=1S/C14H18O2/c1-10-6-4-5-7-11(10)14(12(15)16)8-13(2,3)9-14/h4-7H,8-9H2,1-3H3,(H,15,16). The molecule has 1 aliphatic rings. The van der Waals surface area contributed by atoms with Gasteiger partial charge in [-0.2, -0.15) is 0 Å². The number of hydrogen-bond acceptors (Lipinski definition) is 1. The lowest BCUT2D eigenvalue weighted by Gasteiger charge is -2.51. The van der Waals surface area contributed by atoms with E-state index in [1.54, 1.807) is 0 Å². The van der Waals surface area contributed by atoms with Crippen LogP contribution in [0.15, 0.2) is 24.3 Å². The fraction of sp³-hybridized carbons (Fsp3) is 0.500. The second-order valence-electron chi connectivity index (χ2n) is 5.72. The number of aryl methyl sites for hydroxylation is 1. The van der Waals surface area contributed by atoms with Gasteiger partial charge in [0.25, 0.3) is 0 Å². The van der Waals surface area contributed by atoms with Crippen LogP contribution in [0.25, 0.3) is 0 Å². The maximum Gasteiger partial charge on any atom is 0.314 e. The van der Waals surface area contributed by atoms with Crippen LogP contribution in [0.2, 0.25) is 0 Å². The molecular weight excluding hydrogens is 200 g/mol. The number of rotatable bonds is 2. The smallest absolute Gasteiger partial charge is 0.314 e. The molecule has 0 aliphatic heterocycles. The van der Waals surface area contributed by atoms with Crippen LogP contribution in [0, 0.1) is 12.3 Å². The Labute approximate surface area is 96.3 Å². The van der Waals surface area contributed by atoms with Gasteiger partial charge in [0.2, 0.25) is 0 Å². The Hall–Kier alpha value is -1.31. The summed E-state index contributed by atoms with van der Waals surface area (Å²) < 4.78 is 0. The Bertz CT molecular complexity index is 424. The second kappa shape index (κ2) is 3.34. The maximum atomic E-state index is 11.5. The third-order valence-electron chi connectivity index (χ3n) is 3.63. The van der Waals surface area contributed by atoms with Gasteiger partial charge >= 0.3 is 5.97 Å². The Kier molecular flexibility index (Phi) is 2.33. The summed E-state index contributed by atoms with van der Waals surface area (Å²) in [4.78, 5) is 11.5. The number of carboxylic acid groups (broad SMARTS) is 1. The lowest BCUT2D eigenvalue weighted by molar-refractivity contribution is -0.153. The number of carboxylic acids is 1.